The Morgan fingerprint density at radius 2 is 2.00 bits per heavy atom. The molecule has 1 aromatic carbocycles. The predicted molar refractivity (Wildman–Crippen MR) is 93.5 cm³/mol. The van der Waals surface area contributed by atoms with E-state index >= 15 is 0 Å². The van der Waals surface area contributed by atoms with Crippen molar-refractivity contribution in [3.63, 3.8) is 0 Å². The van der Waals surface area contributed by atoms with E-state index < -0.39 is 23.2 Å². The van der Waals surface area contributed by atoms with Crippen LogP contribution in [0.25, 0.3) is 6.08 Å². The highest BCUT2D eigenvalue weighted by Gasteiger charge is 2.41. The molecule has 0 unspecified atom stereocenters. The number of imide groups is 1. The Kier molecular flexibility index (Phi) is 6.08. The van der Waals surface area contributed by atoms with Crippen molar-refractivity contribution in [2.24, 2.45) is 0 Å². The lowest BCUT2D eigenvalue weighted by atomic mass is 10.1. The van der Waals surface area contributed by atoms with Gasteiger partial charge in [0.1, 0.15) is 6.04 Å². The standard InChI is InChI=1S/C17H19NO6S/c1-5-24-13-8-11(6-7-12(13)22-3)9-14-15(19)18(17(21)25-14)10(2)16(20)23-4/h6-10H,5H2,1-4H3/b14-9+/t10-/m0/s1. The van der Waals surface area contributed by atoms with Gasteiger partial charge in [-0.25, -0.2) is 4.79 Å². The van der Waals surface area contributed by atoms with Crippen LogP contribution in [0, 0.1) is 0 Å². The van der Waals surface area contributed by atoms with Gasteiger partial charge >= 0.3 is 5.97 Å². The van der Waals surface area contributed by atoms with Gasteiger partial charge in [0.25, 0.3) is 11.1 Å². The number of nitrogens with zero attached hydrogens (tertiary/aromatic N) is 1. The lowest BCUT2D eigenvalue weighted by Gasteiger charge is -2.18. The van der Waals surface area contributed by atoms with Crippen molar-refractivity contribution in [1.29, 1.82) is 0 Å². The molecule has 0 aliphatic carbocycles. The minimum Gasteiger partial charge on any atom is -0.493 e. The van der Waals surface area contributed by atoms with E-state index in [2.05, 4.69) is 4.74 Å². The van der Waals surface area contributed by atoms with Crippen molar-refractivity contribution in [2.45, 2.75) is 19.9 Å². The molecule has 0 spiro atoms. The summed E-state index contributed by atoms with van der Waals surface area (Å²) in [5.41, 5.74) is 0.681. The van der Waals surface area contributed by atoms with Crippen LogP contribution in [0.4, 0.5) is 4.79 Å². The van der Waals surface area contributed by atoms with Gasteiger partial charge in [-0.15, -0.1) is 0 Å². The van der Waals surface area contributed by atoms with Crippen LogP contribution in [0.5, 0.6) is 11.5 Å². The molecule has 1 aromatic rings. The first-order chi connectivity index (χ1) is 11.9. The summed E-state index contributed by atoms with van der Waals surface area (Å²) in [6.45, 7) is 3.77. The van der Waals surface area contributed by atoms with Crippen molar-refractivity contribution in [2.75, 3.05) is 20.8 Å². The largest absolute Gasteiger partial charge is 0.493 e. The van der Waals surface area contributed by atoms with E-state index in [0.29, 0.717) is 23.7 Å². The number of hydrogen-bond donors (Lipinski definition) is 0. The van der Waals surface area contributed by atoms with E-state index in [9.17, 15) is 14.4 Å². The van der Waals surface area contributed by atoms with Gasteiger partial charge < -0.3 is 14.2 Å². The monoisotopic (exact) mass is 365 g/mol. The zero-order valence-corrected chi connectivity index (χ0v) is 15.2. The van der Waals surface area contributed by atoms with Crippen LogP contribution in [-0.4, -0.2) is 48.9 Å². The molecule has 1 aliphatic heterocycles. The van der Waals surface area contributed by atoms with Gasteiger partial charge in [0.15, 0.2) is 11.5 Å². The number of hydrogen-bond acceptors (Lipinski definition) is 7. The minimum absolute atomic E-state index is 0.230. The van der Waals surface area contributed by atoms with Crippen LogP contribution >= 0.6 is 11.8 Å². The Labute approximate surface area is 149 Å². The first-order valence-electron chi connectivity index (χ1n) is 7.58. The van der Waals surface area contributed by atoms with Crippen molar-refractivity contribution in [3.8, 4) is 11.5 Å². The number of carbonyl (C=O) groups is 3. The third kappa shape index (κ3) is 3.96. The molecule has 8 heteroatoms. The summed E-state index contributed by atoms with van der Waals surface area (Å²) < 4.78 is 15.3. The second kappa shape index (κ2) is 8.06. The first-order valence-corrected chi connectivity index (χ1v) is 8.40. The fourth-order valence-electron chi connectivity index (χ4n) is 2.29. The molecule has 2 amide bonds. The van der Waals surface area contributed by atoms with Gasteiger partial charge in [0.2, 0.25) is 0 Å². The van der Waals surface area contributed by atoms with Gasteiger partial charge in [0.05, 0.1) is 25.7 Å². The molecule has 0 bridgehead atoms. The van der Waals surface area contributed by atoms with E-state index in [1.807, 2.05) is 6.92 Å². The van der Waals surface area contributed by atoms with Gasteiger partial charge in [0, 0.05) is 0 Å². The SMILES string of the molecule is CCOc1cc(/C=C2/SC(=O)N([C@@H](C)C(=O)OC)C2=O)ccc1OC. The van der Waals surface area contributed by atoms with Gasteiger partial charge in [-0.2, -0.15) is 0 Å². The number of rotatable bonds is 6. The van der Waals surface area contributed by atoms with Crippen LogP contribution < -0.4 is 9.47 Å². The Balaban J connectivity index is 2.30. The van der Waals surface area contributed by atoms with E-state index in [1.54, 1.807) is 24.3 Å². The molecule has 0 N–H and O–H groups in total. The highest BCUT2D eigenvalue weighted by Crippen LogP contribution is 2.35. The number of benzene rings is 1. The van der Waals surface area contributed by atoms with E-state index in [4.69, 9.17) is 9.47 Å². The van der Waals surface area contributed by atoms with Gasteiger partial charge in [-0.1, -0.05) is 6.07 Å². The minimum atomic E-state index is -0.974. The lowest BCUT2D eigenvalue weighted by Crippen LogP contribution is -2.42. The summed E-state index contributed by atoms with van der Waals surface area (Å²) in [5.74, 6) is -0.0550. The quantitative estimate of drug-likeness (QED) is 0.566. The summed E-state index contributed by atoms with van der Waals surface area (Å²) in [7, 11) is 2.75. The molecule has 2 rings (SSSR count). The molecule has 1 saturated heterocycles. The fraction of sp³-hybridized carbons (Fsp3) is 0.353. The Bertz CT molecular complexity index is 730. The molecule has 0 saturated carbocycles. The summed E-state index contributed by atoms with van der Waals surface area (Å²) in [6, 6.07) is 4.22. The lowest BCUT2D eigenvalue weighted by molar-refractivity contribution is -0.148. The van der Waals surface area contributed by atoms with Crippen LogP contribution in [0.3, 0.4) is 0 Å². The maximum Gasteiger partial charge on any atom is 0.328 e. The number of amides is 2. The molecule has 7 nitrogen and oxygen atoms in total. The molecule has 1 aliphatic rings. The Hall–Kier alpha value is -2.48. The van der Waals surface area contributed by atoms with E-state index in [1.165, 1.54) is 21.1 Å². The van der Waals surface area contributed by atoms with Crippen LogP contribution in [0.2, 0.25) is 0 Å². The zero-order valence-electron chi connectivity index (χ0n) is 14.4. The average molecular weight is 365 g/mol. The summed E-state index contributed by atoms with van der Waals surface area (Å²) in [4.78, 5) is 37.3. The van der Waals surface area contributed by atoms with Gasteiger partial charge in [-0.3, -0.25) is 14.5 Å². The van der Waals surface area contributed by atoms with E-state index in [-0.39, 0.29) is 4.91 Å². The third-order valence-electron chi connectivity index (χ3n) is 3.54. The number of thioether (sulfide) groups is 1. The van der Waals surface area contributed by atoms with Gasteiger partial charge in [-0.05, 0) is 49.4 Å². The number of ether oxygens (including phenoxy) is 3. The second-order valence-corrected chi connectivity index (χ2v) is 6.09. The van der Waals surface area contributed by atoms with Crippen molar-refractivity contribution >= 4 is 35.0 Å². The van der Waals surface area contributed by atoms with Crippen LogP contribution in [0.15, 0.2) is 23.1 Å². The molecule has 0 radical (unpaired) electrons. The summed E-state index contributed by atoms with van der Waals surface area (Å²) >= 11 is 0.781. The molecular weight excluding hydrogens is 346 g/mol. The first kappa shape index (κ1) is 18.9. The predicted octanol–water partition coefficient (Wildman–Crippen LogP) is 2.69. The number of esters is 1. The molecule has 0 aromatic heterocycles. The van der Waals surface area contributed by atoms with E-state index in [0.717, 1.165) is 16.7 Å². The maximum absolute atomic E-state index is 12.5. The number of methoxy groups -OCH3 is 2. The Morgan fingerprint density at radius 1 is 1.28 bits per heavy atom. The molecule has 134 valence electrons. The second-order valence-electron chi connectivity index (χ2n) is 5.09. The smallest absolute Gasteiger partial charge is 0.328 e. The average Bonchev–Trinajstić information content (AvgIpc) is 2.87. The molecule has 1 fully saturated rings. The van der Waals surface area contributed by atoms with Crippen LogP contribution in [-0.2, 0) is 14.3 Å². The topological polar surface area (TPSA) is 82.1 Å². The Morgan fingerprint density at radius 3 is 2.60 bits per heavy atom. The summed E-state index contributed by atoms with van der Waals surface area (Å²) in [5, 5.41) is -0.507. The van der Waals surface area contributed by atoms with Crippen molar-refractivity contribution < 1.29 is 28.6 Å². The van der Waals surface area contributed by atoms with Crippen LogP contribution in [0.1, 0.15) is 19.4 Å². The number of carbonyl (C=O) groups excluding carboxylic acids is 3. The highest BCUT2D eigenvalue weighted by molar-refractivity contribution is 8.18. The molecule has 1 atom stereocenters. The fourth-order valence-corrected chi connectivity index (χ4v) is 3.20. The zero-order chi connectivity index (χ0) is 18.6. The third-order valence-corrected chi connectivity index (χ3v) is 4.42. The molecule has 25 heavy (non-hydrogen) atoms. The van der Waals surface area contributed by atoms with Crippen molar-refractivity contribution in [3.05, 3.63) is 28.7 Å². The molecule has 1 heterocycles. The highest BCUT2D eigenvalue weighted by atomic mass is 32.2. The molecular formula is C17H19NO6S. The summed E-state index contributed by atoms with van der Waals surface area (Å²) in [6.07, 6.45) is 1.58. The maximum atomic E-state index is 12.5. The van der Waals surface area contributed by atoms with Crippen molar-refractivity contribution in [1.82, 2.24) is 4.90 Å². The normalized spacial score (nSPS) is 17.0.